The van der Waals surface area contributed by atoms with E-state index in [0.717, 1.165) is 44.7 Å². The molecule has 0 spiro atoms. The fourth-order valence-electron chi connectivity index (χ4n) is 3.74. The number of nitrogens with zero attached hydrogens (tertiary/aromatic N) is 1. The highest BCUT2D eigenvalue weighted by molar-refractivity contribution is 9.10. The number of carbonyl (C=O) groups excluding carboxylic acids is 1. The molecule has 0 fully saturated rings. The molecule has 4 rings (SSSR count). The van der Waals surface area contributed by atoms with Gasteiger partial charge in [0.25, 0.3) is 0 Å². The van der Waals surface area contributed by atoms with Gasteiger partial charge in [-0.25, -0.2) is 4.39 Å². The average Bonchev–Trinajstić information content (AvgIpc) is 2.98. The molecule has 1 heterocycles. The van der Waals surface area contributed by atoms with E-state index in [-0.39, 0.29) is 5.82 Å². The largest absolute Gasteiger partial charge is 0.366 e. The van der Waals surface area contributed by atoms with Crippen LogP contribution >= 0.6 is 15.9 Å². The van der Waals surface area contributed by atoms with Gasteiger partial charge in [0.1, 0.15) is 5.82 Å². The van der Waals surface area contributed by atoms with E-state index in [1.807, 2.05) is 18.2 Å². The normalized spacial score (nSPS) is 11.4. The van der Waals surface area contributed by atoms with Crippen molar-refractivity contribution in [2.45, 2.75) is 26.3 Å². The maximum Gasteiger partial charge on any atom is 0.249 e. The van der Waals surface area contributed by atoms with Gasteiger partial charge in [-0.1, -0.05) is 41.4 Å². The summed E-state index contributed by atoms with van der Waals surface area (Å²) in [7, 11) is 0. The standard InChI is InChI=1S/C23H19BrFN2O/c1-2-4-14-7-9-17-21(11-14)27(13-15-12-16(25)8-10-19(15)24)20-6-3-5-18(22(17)20)23(26)28/h3,5-8,10-12H,2,4,13H2,1H3,(H2,26,28). The van der Waals surface area contributed by atoms with Crippen molar-refractivity contribution >= 4 is 43.6 Å². The lowest BCUT2D eigenvalue weighted by molar-refractivity contribution is 0.100. The number of amides is 1. The van der Waals surface area contributed by atoms with E-state index < -0.39 is 5.91 Å². The Morgan fingerprint density at radius 2 is 2.04 bits per heavy atom. The van der Waals surface area contributed by atoms with E-state index in [2.05, 4.69) is 39.6 Å². The molecule has 0 aliphatic heterocycles. The van der Waals surface area contributed by atoms with Gasteiger partial charge in [-0.05, 0) is 60.0 Å². The summed E-state index contributed by atoms with van der Waals surface area (Å²) >= 11 is 3.52. The molecule has 0 bridgehead atoms. The van der Waals surface area contributed by atoms with Crippen molar-refractivity contribution in [1.82, 2.24) is 4.57 Å². The summed E-state index contributed by atoms with van der Waals surface area (Å²) in [5.74, 6) is -0.752. The third kappa shape index (κ3) is 3.20. The van der Waals surface area contributed by atoms with Crippen LogP contribution in [0.1, 0.15) is 34.8 Å². The van der Waals surface area contributed by atoms with Gasteiger partial charge in [0.15, 0.2) is 0 Å². The minimum Gasteiger partial charge on any atom is -0.366 e. The van der Waals surface area contributed by atoms with E-state index >= 15 is 0 Å². The number of fused-ring (bicyclic) bond motifs is 3. The SMILES string of the molecule is CCCc1c[c]c2c3c(C(N)=O)cccc3n(Cc3cc(F)ccc3Br)c2c1. The van der Waals surface area contributed by atoms with E-state index in [4.69, 9.17) is 5.73 Å². The summed E-state index contributed by atoms with van der Waals surface area (Å²) in [6.07, 6.45) is 1.97. The van der Waals surface area contributed by atoms with Gasteiger partial charge in [-0.15, -0.1) is 0 Å². The number of primary amides is 1. The Hall–Kier alpha value is -2.66. The molecular formula is C23H19BrFN2O. The van der Waals surface area contributed by atoms with E-state index in [1.165, 1.54) is 17.7 Å². The summed E-state index contributed by atoms with van der Waals surface area (Å²) in [6.45, 7) is 2.60. The predicted octanol–water partition coefficient (Wildman–Crippen LogP) is 5.60. The number of hydrogen-bond acceptors (Lipinski definition) is 1. The van der Waals surface area contributed by atoms with Gasteiger partial charge in [0, 0.05) is 27.4 Å². The topological polar surface area (TPSA) is 48.0 Å². The first-order chi connectivity index (χ1) is 13.5. The number of hydrogen-bond donors (Lipinski definition) is 1. The Bertz CT molecular complexity index is 1210. The van der Waals surface area contributed by atoms with Crippen LogP contribution in [0, 0.1) is 11.9 Å². The van der Waals surface area contributed by atoms with Gasteiger partial charge in [0.05, 0.1) is 11.0 Å². The fourth-order valence-corrected chi connectivity index (χ4v) is 4.11. The van der Waals surface area contributed by atoms with E-state index in [0.29, 0.717) is 12.1 Å². The predicted molar refractivity (Wildman–Crippen MR) is 114 cm³/mol. The van der Waals surface area contributed by atoms with Crippen LogP contribution in [0.3, 0.4) is 0 Å². The highest BCUT2D eigenvalue weighted by Crippen LogP contribution is 2.33. The van der Waals surface area contributed by atoms with Crippen LogP contribution in [0.5, 0.6) is 0 Å². The maximum absolute atomic E-state index is 13.8. The summed E-state index contributed by atoms with van der Waals surface area (Å²) in [6, 6.07) is 17.7. The Labute approximate surface area is 171 Å². The van der Waals surface area contributed by atoms with Crippen molar-refractivity contribution in [3.8, 4) is 0 Å². The number of benzene rings is 3. The zero-order chi connectivity index (χ0) is 19.8. The molecule has 2 N–H and O–H groups in total. The Morgan fingerprint density at radius 3 is 2.79 bits per heavy atom. The molecule has 141 valence electrons. The van der Waals surface area contributed by atoms with Crippen molar-refractivity contribution in [1.29, 1.82) is 0 Å². The van der Waals surface area contributed by atoms with Crippen molar-refractivity contribution < 1.29 is 9.18 Å². The molecular weight excluding hydrogens is 419 g/mol. The maximum atomic E-state index is 13.8. The van der Waals surface area contributed by atoms with E-state index in [1.54, 1.807) is 12.1 Å². The molecule has 0 saturated heterocycles. The minimum atomic E-state index is -0.470. The molecule has 1 aromatic heterocycles. The first-order valence-electron chi connectivity index (χ1n) is 9.19. The van der Waals surface area contributed by atoms with Crippen LogP contribution in [0.25, 0.3) is 21.8 Å². The summed E-state index contributed by atoms with van der Waals surface area (Å²) < 4.78 is 16.8. The molecule has 4 aromatic rings. The Kier molecular flexibility index (Phi) is 4.94. The molecule has 0 aliphatic carbocycles. The number of aryl methyl sites for hydroxylation is 1. The second kappa shape index (κ2) is 7.40. The zero-order valence-electron chi connectivity index (χ0n) is 15.4. The molecule has 1 amide bonds. The lowest BCUT2D eigenvalue weighted by Gasteiger charge is -2.11. The molecule has 0 unspecified atom stereocenters. The van der Waals surface area contributed by atoms with Crippen molar-refractivity contribution in [2.75, 3.05) is 0 Å². The van der Waals surface area contributed by atoms with Gasteiger partial charge in [0.2, 0.25) is 5.91 Å². The Balaban J connectivity index is 2.03. The highest BCUT2D eigenvalue weighted by atomic mass is 79.9. The van der Waals surface area contributed by atoms with Crippen LogP contribution < -0.4 is 5.73 Å². The third-order valence-corrected chi connectivity index (χ3v) is 5.77. The third-order valence-electron chi connectivity index (χ3n) is 4.99. The van der Waals surface area contributed by atoms with Crippen LogP contribution in [-0.4, -0.2) is 10.5 Å². The van der Waals surface area contributed by atoms with Gasteiger partial charge in [-0.3, -0.25) is 4.79 Å². The molecule has 0 atom stereocenters. The molecule has 1 radical (unpaired) electrons. The molecule has 0 aliphatic rings. The lowest BCUT2D eigenvalue weighted by atomic mass is 10.0. The summed E-state index contributed by atoms with van der Waals surface area (Å²) in [4.78, 5) is 12.0. The minimum absolute atomic E-state index is 0.282. The first-order valence-corrected chi connectivity index (χ1v) is 9.98. The van der Waals surface area contributed by atoms with Crippen molar-refractivity contribution in [2.24, 2.45) is 5.73 Å². The average molecular weight is 438 g/mol. The quantitative estimate of drug-likeness (QED) is 0.434. The monoisotopic (exact) mass is 437 g/mol. The smallest absolute Gasteiger partial charge is 0.249 e. The summed E-state index contributed by atoms with van der Waals surface area (Å²) in [5.41, 5.74) is 9.95. The van der Waals surface area contributed by atoms with E-state index in [9.17, 15) is 9.18 Å². The number of nitrogens with two attached hydrogens (primary N) is 1. The zero-order valence-corrected chi connectivity index (χ0v) is 17.0. The molecule has 3 nitrogen and oxygen atoms in total. The van der Waals surface area contributed by atoms with Crippen LogP contribution in [-0.2, 0) is 13.0 Å². The number of carbonyl (C=O) groups is 1. The second-order valence-corrected chi connectivity index (χ2v) is 7.76. The van der Waals surface area contributed by atoms with Gasteiger partial charge < -0.3 is 10.3 Å². The number of rotatable bonds is 5. The summed E-state index contributed by atoms with van der Waals surface area (Å²) in [5, 5.41) is 1.65. The second-order valence-electron chi connectivity index (χ2n) is 6.90. The van der Waals surface area contributed by atoms with Gasteiger partial charge >= 0.3 is 0 Å². The van der Waals surface area contributed by atoms with Crippen molar-refractivity contribution in [3.63, 3.8) is 0 Å². The van der Waals surface area contributed by atoms with Crippen LogP contribution in [0.15, 0.2) is 53.0 Å². The van der Waals surface area contributed by atoms with Crippen molar-refractivity contribution in [3.05, 3.63) is 81.6 Å². The van der Waals surface area contributed by atoms with Crippen LogP contribution in [0.2, 0.25) is 0 Å². The first kappa shape index (κ1) is 18.7. The number of aromatic nitrogens is 1. The fraction of sp³-hybridized carbons (Fsp3) is 0.174. The highest BCUT2D eigenvalue weighted by Gasteiger charge is 2.18. The van der Waals surface area contributed by atoms with Crippen LogP contribution in [0.4, 0.5) is 4.39 Å². The Morgan fingerprint density at radius 1 is 1.21 bits per heavy atom. The molecule has 3 aromatic carbocycles. The lowest BCUT2D eigenvalue weighted by Crippen LogP contribution is -2.11. The molecule has 0 saturated carbocycles. The molecule has 28 heavy (non-hydrogen) atoms. The molecule has 5 heteroatoms. The number of halogens is 2. The van der Waals surface area contributed by atoms with Gasteiger partial charge in [-0.2, -0.15) is 0 Å².